The fourth-order valence-electron chi connectivity index (χ4n) is 1.59. The van der Waals surface area contributed by atoms with Crippen molar-refractivity contribution in [2.75, 3.05) is 13.1 Å². The lowest BCUT2D eigenvalue weighted by atomic mass is 10.2. The number of hydrogen-bond acceptors (Lipinski definition) is 2. The summed E-state index contributed by atoms with van der Waals surface area (Å²) in [5.74, 6) is 0.977. The summed E-state index contributed by atoms with van der Waals surface area (Å²) in [7, 11) is 0. The molecule has 16 heavy (non-hydrogen) atoms. The van der Waals surface area contributed by atoms with Gasteiger partial charge in [-0.25, -0.2) is 0 Å². The molecule has 0 radical (unpaired) electrons. The van der Waals surface area contributed by atoms with Gasteiger partial charge in [0.05, 0.1) is 0 Å². The molecule has 90 valence electrons. The maximum Gasteiger partial charge on any atom is 0.120 e. The van der Waals surface area contributed by atoms with Crippen LogP contribution in [-0.2, 0) is 6.42 Å². The molecule has 0 aliphatic carbocycles. The molecule has 1 aromatic carbocycles. The van der Waals surface area contributed by atoms with Gasteiger partial charge in [-0.05, 0) is 44.0 Å². The molecule has 0 saturated heterocycles. The van der Waals surface area contributed by atoms with Crippen LogP contribution in [0.15, 0.2) is 24.3 Å². The molecule has 0 heterocycles. The Bertz CT molecular complexity index is 299. The van der Waals surface area contributed by atoms with Crippen molar-refractivity contribution in [1.82, 2.24) is 5.32 Å². The summed E-state index contributed by atoms with van der Waals surface area (Å²) >= 11 is 0. The zero-order valence-electron chi connectivity index (χ0n) is 10.6. The van der Waals surface area contributed by atoms with E-state index in [1.165, 1.54) is 5.56 Å². The Kier molecular flexibility index (Phi) is 5.94. The van der Waals surface area contributed by atoms with Crippen LogP contribution in [0.3, 0.4) is 0 Å². The Balaban J connectivity index is 2.39. The smallest absolute Gasteiger partial charge is 0.120 e. The summed E-state index contributed by atoms with van der Waals surface area (Å²) in [4.78, 5) is 0. The summed E-state index contributed by atoms with van der Waals surface area (Å²) in [6.45, 7) is 8.39. The van der Waals surface area contributed by atoms with Crippen molar-refractivity contribution in [2.45, 2.75) is 39.7 Å². The first-order valence-electron chi connectivity index (χ1n) is 6.22. The predicted molar refractivity (Wildman–Crippen MR) is 69.1 cm³/mol. The van der Waals surface area contributed by atoms with Gasteiger partial charge in [0, 0.05) is 6.54 Å². The molecule has 0 amide bonds. The molecule has 2 heteroatoms. The average Bonchev–Trinajstić information content (AvgIpc) is 2.29. The van der Waals surface area contributed by atoms with E-state index >= 15 is 0 Å². The van der Waals surface area contributed by atoms with Gasteiger partial charge in [-0.15, -0.1) is 0 Å². The Morgan fingerprint density at radius 1 is 1.31 bits per heavy atom. The maximum absolute atomic E-state index is 5.84. The molecule has 1 unspecified atom stereocenters. The van der Waals surface area contributed by atoms with Crippen molar-refractivity contribution < 1.29 is 4.74 Å². The molecule has 0 aliphatic rings. The van der Waals surface area contributed by atoms with Gasteiger partial charge in [-0.2, -0.15) is 0 Å². The van der Waals surface area contributed by atoms with Gasteiger partial charge in [0.2, 0.25) is 0 Å². The molecule has 1 atom stereocenters. The molecule has 0 aliphatic heterocycles. The van der Waals surface area contributed by atoms with Gasteiger partial charge < -0.3 is 10.1 Å². The molecule has 0 aromatic heterocycles. The van der Waals surface area contributed by atoms with E-state index in [-0.39, 0.29) is 6.10 Å². The molecule has 0 fully saturated rings. The molecule has 0 saturated carbocycles. The number of benzene rings is 1. The number of rotatable bonds is 7. The van der Waals surface area contributed by atoms with E-state index in [9.17, 15) is 0 Å². The molecule has 1 N–H and O–H groups in total. The first-order chi connectivity index (χ1) is 7.76. The van der Waals surface area contributed by atoms with Crippen molar-refractivity contribution in [2.24, 2.45) is 0 Å². The summed E-state index contributed by atoms with van der Waals surface area (Å²) < 4.78 is 5.84. The van der Waals surface area contributed by atoms with Crippen molar-refractivity contribution in [3.05, 3.63) is 29.8 Å². The van der Waals surface area contributed by atoms with Gasteiger partial charge in [-0.1, -0.05) is 26.0 Å². The minimum absolute atomic E-state index is 0.221. The standard InChI is InChI=1S/C14H23NO/c1-4-9-15-11-12(3)16-14-8-6-7-13(5-2)10-14/h6-8,10,12,15H,4-5,9,11H2,1-3H3. The highest BCUT2D eigenvalue weighted by Crippen LogP contribution is 2.15. The quantitative estimate of drug-likeness (QED) is 0.715. The Morgan fingerprint density at radius 2 is 2.12 bits per heavy atom. The van der Waals surface area contributed by atoms with E-state index in [1.807, 2.05) is 6.07 Å². The molecule has 0 bridgehead atoms. The summed E-state index contributed by atoms with van der Waals surface area (Å²) in [6.07, 6.45) is 2.44. The second-order valence-electron chi connectivity index (χ2n) is 4.13. The number of ether oxygens (including phenoxy) is 1. The zero-order valence-corrected chi connectivity index (χ0v) is 10.6. The minimum Gasteiger partial charge on any atom is -0.489 e. The molecule has 2 nitrogen and oxygen atoms in total. The topological polar surface area (TPSA) is 21.3 Å². The summed E-state index contributed by atoms with van der Waals surface area (Å²) in [5.41, 5.74) is 1.33. The molecule has 0 spiro atoms. The fourth-order valence-corrected chi connectivity index (χ4v) is 1.59. The van der Waals surface area contributed by atoms with Crippen molar-refractivity contribution >= 4 is 0 Å². The molecular formula is C14H23NO. The van der Waals surface area contributed by atoms with Gasteiger partial charge >= 0.3 is 0 Å². The van der Waals surface area contributed by atoms with Gasteiger partial charge in [-0.3, -0.25) is 0 Å². The summed E-state index contributed by atoms with van der Waals surface area (Å²) in [5, 5.41) is 3.36. The SMILES string of the molecule is CCCNCC(C)Oc1cccc(CC)c1. The van der Waals surface area contributed by atoms with E-state index in [1.54, 1.807) is 0 Å². The van der Waals surface area contributed by atoms with E-state index in [4.69, 9.17) is 4.74 Å². The van der Waals surface area contributed by atoms with Gasteiger partial charge in [0.15, 0.2) is 0 Å². The third kappa shape index (κ3) is 4.67. The largest absolute Gasteiger partial charge is 0.489 e. The van der Waals surface area contributed by atoms with E-state index < -0.39 is 0 Å². The Labute approximate surface area is 99.0 Å². The normalized spacial score (nSPS) is 12.4. The maximum atomic E-state index is 5.84. The van der Waals surface area contributed by atoms with Crippen molar-refractivity contribution in [3.8, 4) is 5.75 Å². The highest BCUT2D eigenvalue weighted by Gasteiger charge is 2.03. The fraction of sp³-hybridized carbons (Fsp3) is 0.571. The lowest BCUT2D eigenvalue weighted by molar-refractivity contribution is 0.217. The first-order valence-corrected chi connectivity index (χ1v) is 6.22. The lowest BCUT2D eigenvalue weighted by Crippen LogP contribution is -2.29. The molecular weight excluding hydrogens is 198 g/mol. The van der Waals surface area contributed by atoms with E-state index in [0.717, 1.165) is 31.7 Å². The monoisotopic (exact) mass is 221 g/mol. The zero-order chi connectivity index (χ0) is 11.8. The van der Waals surface area contributed by atoms with Crippen LogP contribution in [0.2, 0.25) is 0 Å². The Hall–Kier alpha value is -1.02. The van der Waals surface area contributed by atoms with Crippen LogP contribution >= 0.6 is 0 Å². The molecule has 1 aromatic rings. The van der Waals surface area contributed by atoms with Crippen LogP contribution in [0.5, 0.6) is 5.75 Å². The van der Waals surface area contributed by atoms with Crippen LogP contribution in [0.4, 0.5) is 0 Å². The van der Waals surface area contributed by atoms with Crippen molar-refractivity contribution in [1.29, 1.82) is 0 Å². The van der Waals surface area contributed by atoms with Crippen LogP contribution in [-0.4, -0.2) is 19.2 Å². The average molecular weight is 221 g/mol. The van der Waals surface area contributed by atoms with Gasteiger partial charge in [0.1, 0.15) is 11.9 Å². The van der Waals surface area contributed by atoms with E-state index in [0.29, 0.717) is 0 Å². The second kappa shape index (κ2) is 7.29. The third-order valence-electron chi connectivity index (χ3n) is 2.50. The number of nitrogens with one attached hydrogen (secondary N) is 1. The predicted octanol–water partition coefficient (Wildman–Crippen LogP) is 3.02. The van der Waals surface area contributed by atoms with Gasteiger partial charge in [0.25, 0.3) is 0 Å². The Morgan fingerprint density at radius 3 is 2.81 bits per heavy atom. The second-order valence-corrected chi connectivity index (χ2v) is 4.13. The number of aryl methyl sites for hydroxylation is 1. The van der Waals surface area contributed by atoms with Crippen LogP contribution < -0.4 is 10.1 Å². The van der Waals surface area contributed by atoms with E-state index in [2.05, 4.69) is 44.3 Å². The number of hydrogen-bond donors (Lipinski definition) is 1. The van der Waals surface area contributed by atoms with Crippen LogP contribution in [0.25, 0.3) is 0 Å². The molecule has 1 rings (SSSR count). The lowest BCUT2D eigenvalue weighted by Gasteiger charge is -2.15. The summed E-state index contributed by atoms with van der Waals surface area (Å²) in [6, 6.07) is 8.33. The first kappa shape index (κ1) is 13.0. The van der Waals surface area contributed by atoms with Crippen LogP contribution in [0.1, 0.15) is 32.8 Å². The highest BCUT2D eigenvalue weighted by atomic mass is 16.5. The van der Waals surface area contributed by atoms with Crippen LogP contribution in [0, 0.1) is 0 Å². The third-order valence-corrected chi connectivity index (χ3v) is 2.50. The highest BCUT2D eigenvalue weighted by molar-refractivity contribution is 5.28. The minimum atomic E-state index is 0.221. The van der Waals surface area contributed by atoms with Crippen molar-refractivity contribution in [3.63, 3.8) is 0 Å².